The average molecular weight is 256 g/mol. The first kappa shape index (κ1) is 9.84. The molecule has 1 fully saturated rings. The van der Waals surface area contributed by atoms with Crippen molar-refractivity contribution in [1.82, 2.24) is 0 Å². The van der Waals surface area contributed by atoms with E-state index in [1.54, 1.807) is 0 Å². The summed E-state index contributed by atoms with van der Waals surface area (Å²) in [5.41, 5.74) is 7.76. The molecule has 0 saturated heterocycles. The zero-order valence-corrected chi connectivity index (χ0v) is 9.59. The molecule has 1 aliphatic rings. The third-order valence-corrected chi connectivity index (χ3v) is 3.05. The van der Waals surface area contributed by atoms with Gasteiger partial charge in [0.05, 0.1) is 6.61 Å². The summed E-state index contributed by atoms with van der Waals surface area (Å²) in [4.78, 5) is 0. The van der Waals surface area contributed by atoms with Crippen LogP contribution < -0.4 is 10.5 Å². The molecule has 1 aromatic carbocycles. The van der Waals surface area contributed by atoms with Gasteiger partial charge in [0.15, 0.2) is 0 Å². The lowest BCUT2D eigenvalue weighted by Crippen LogP contribution is -2.00. The molecule has 2 rings (SSSR count). The predicted molar refractivity (Wildman–Crippen MR) is 61.7 cm³/mol. The summed E-state index contributed by atoms with van der Waals surface area (Å²) < 4.78 is 5.61. The number of alkyl halides is 1. The fourth-order valence-corrected chi connectivity index (χ4v) is 1.79. The summed E-state index contributed by atoms with van der Waals surface area (Å²) in [6.07, 6.45) is 2.63. The van der Waals surface area contributed by atoms with Crippen molar-refractivity contribution in [1.29, 1.82) is 0 Å². The Hall–Kier alpha value is -0.700. The molecule has 0 radical (unpaired) electrons. The van der Waals surface area contributed by atoms with E-state index in [0.29, 0.717) is 0 Å². The number of hydrogen-bond donors (Lipinski definition) is 1. The molecule has 1 saturated carbocycles. The molecule has 3 heteroatoms. The third-order valence-electron chi connectivity index (χ3n) is 2.44. The summed E-state index contributed by atoms with van der Waals surface area (Å²) in [6.45, 7) is 0.840. The van der Waals surface area contributed by atoms with Gasteiger partial charge in [-0.25, -0.2) is 0 Å². The van der Waals surface area contributed by atoms with Crippen LogP contribution in [-0.4, -0.2) is 6.61 Å². The van der Waals surface area contributed by atoms with Crippen molar-refractivity contribution >= 4 is 21.6 Å². The second-order valence-corrected chi connectivity index (χ2v) is 4.31. The number of nitrogen functional groups attached to an aromatic ring is 1. The van der Waals surface area contributed by atoms with Crippen molar-refractivity contribution in [3.05, 3.63) is 23.8 Å². The zero-order valence-electron chi connectivity index (χ0n) is 8.00. The van der Waals surface area contributed by atoms with Gasteiger partial charge in [0.1, 0.15) is 5.75 Å². The number of anilines is 1. The van der Waals surface area contributed by atoms with Crippen LogP contribution in [0.3, 0.4) is 0 Å². The Labute approximate surface area is 92.6 Å². The van der Waals surface area contributed by atoms with E-state index in [-0.39, 0.29) is 0 Å². The van der Waals surface area contributed by atoms with Crippen LogP contribution in [0.4, 0.5) is 5.69 Å². The Balaban J connectivity index is 1.99. The lowest BCUT2D eigenvalue weighted by Gasteiger charge is -2.07. The fraction of sp³-hybridized carbons (Fsp3) is 0.455. The molecule has 0 heterocycles. The van der Waals surface area contributed by atoms with Crippen molar-refractivity contribution < 1.29 is 4.74 Å². The normalized spacial score (nSPS) is 15.5. The molecular weight excluding hydrogens is 242 g/mol. The fourth-order valence-electron chi connectivity index (χ4n) is 1.28. The van der Waals surface area contributed by atoms with Gasteiger partial charge in [-0.3, -0.25) is 0 Å². The molecule has 0 bridgehead atoms. The maximum Gasteiger partial charge on any atom is 0.121 e. The van der Waals surface area contributed by atoms with Crippen LogP contribution in [-0.2, 0) is 5.33 Å². The second-order valence-electron chi connectivity index (χ2n) is 3.75. The highest BCUT2D eigenvalue weighted by Crippen LogP contribution is 2.30. The Kier molecular flexibility index (Phi) is 2.96. The quantitative estimate of drug-likeness (QED) is 0.664. The third kappa shape index (κ3) is 2.41. The molecule has 1 aromatic rings. The highest BCUT2D eigenvalue weighted by molar-refractivity contribution is 9.08. The molecule has 0 aliphatic heterocycles. The van der Waals surface area contributed by atoms with Crippen molar-refractivity contribution in [2.24, 2.45) is 5.92 Å². The van der Waals surface area contributed by atoms with Gasteiger partial charge in [-0.2, -0.15) is 0 Å². The Morgan fingerprint density at radius 3 is 2.79 bits per heavy atom. The minimum Gasteiger partial charge on any atom is -0.493 e. The molecule has 0 aromatic heterocycles. The predicted octanol–water partition coefficient (Wildman–Crippen LogP) is 2.95. The van der Waals surface area contributed by atoms with Crippen LogP contribution in [0.15, 0.2) is 18.2 Å². The maximum absolute atomic E-state index is 5.84. The van der Waals surface area contributed by atoms with Crippen LogP contribution in [0, 0.1) is 5.92 Å². The number of benzene rings is 1. The number of ether oxygens (including phenoxy) is 1. The van der Waals surface area contributed by atoms with Crippen LogP contribution in [0.25, 0.3) is 0 Å². The minimum absolute atomic E-state index is 0.784. The first-order chi connectivity index (χ1) is 6.79. The number of nitrogens with two attached hydrogens (primary N) is 1. The average Bonchev–Trinajstić information content (AvgIpc) is 2.98. The monoisotopic (exact) mass is 255 g/mol. The summed E-state index contributed by atoms with van der Waals surface area (Å²) in [7, 11) is 0. The van der Waals surface area contributed by atoms with Gasteiger partial charge in [0.2, 0.25) is 0 Å². The van der Waals surface area contributed by atoms with Gasteiger partial charge in [0.25, 0.3) is 0 Å². The lowest BCUT2D eigenvalue weighted by atomic mass is 10.2. The highest BCUT2D eigenvalue weighted by Gasteiger charge is 2.21. The summed E-state index contributed by atoms with van der Waals surface area (Å²) in [5, 5.41) is 0.793. The van der Waals surface area contributed by atoms with Crippen molar-refractivity contribution in [2.75, 3.05) is 12.3 Å². The van der Waals surface area contributed by atoms with E-state index in [2.05, 4.69) is 15.9 Å². The van der Waals surface area contributed by atoms with Gasteiger partial charge in [-0.1, -0.05) is 22.0 Å². The van der Waals surface area contributed by atoms with Crippen LogP contribution >= 0.6 is 15.9 Å². The molecule has 1 aliphatic carbocycles. The smallest absolute Gasteiger partial charge is 0.121 e. The van der Waals surface area contributed by atoms with Gasteiger partial charge in [-0.15, -0.1) is 0 Å². The van der Waals surface area contributed by atoms with Gasteiger partial charge in [-0.05, 0) is 30.4 Å². The molecular formula is C11H14BrNO. The summed E-state index contributed by atoms with van der Waals surface area (Å²) in [5.74, 6) is 1.67. The summed E-state index contributed by atoms with van der Waals surface area (Å²) in [6, 6.07) is 5.89. The van der Waals surface area contributed by atoms with E-state index >= 15 is 0 Å². The van der Waals surface area contributed by atoms with Gasteiger partial charge in [0, 0.05) is 17.1 Å². The first-order valence-corrected chi connectivity index (χ1v) is 5.99. The number of rotatable bonds is 4. The minimum atomic E-state index is 0.784. The first-order valence-electron chi connectivity index (χ1n) is 4.87. The largest absolute Gasteiger partial charge is 0.493 e. The van der Waals surface area contributed by atoms with Crippen LogP contribution in [0.5, 0.6) is 5.75 Å². The number of halogens is 1. The van der Waals surface area contributed by atoms with Crippen molar-refractivity contribution in [2.45, 2.75) is 18.2 Å². The van der Waals surface area contributed by atoms with E-state index in [1.165, 1.54) is 12.8 Å². The number of hydrogen-bond acceptors (Lipinski definition) is 2. The second kappa shape index (κ2) is 4.22. The molecule has 14 heavy (non-hydrogen) atoms. The molecule has 2 N–H and O–H groups in total. The van der Waals surface area contributed by atoms with Crippen LogP contribution in [0.2, 0.25) is 0 Å². The standard InChI is InChI=1S/C11H14BrNO/c12-6-9-3-4-10(5-11(9)13)14-7-8-1-2-8/h3-5,8H,1-2,6-7,13H2. The highest BCUT2D eigenvalue weighted by atomic mass is 79.9. The topological polar surface area (TPSA) is 35.2 Å². The molecule has 0 atom stereocenters. The van der Waals surface area contributed by atoms with E-state index in [9.17, 15) is 0 Å². The Morgan fingerprint density at radius 1 is 1.43 bits per heavy atom. The molecule has 0 amide bonds. The van der Waals surface area contributed by atoms with Gasteiger partial charge < -0.3 is 10.5 Å². The van der Waals surface area contributed by atoms with Crippen LogP contribution in [0.1, 0.15) is 18.4 Å². The van der Waals surface area contributed by atoms with E-state index < -0.39 is 0 Å². The van der Waals surface area contributed by atoms with Gasteiger partial charge >= 0.3 is 0 Å². The Bertz CT molecular complexity index is 323. The van der Waals surface area contributed by atoms with E-state index in [4.69, 9.17) is 10.5 Å². The van der Waals surface area contributed by atoms with Crippen molar-refractivity contribution in [3.63, 3.8) is 0 Å². The molecule has 2 nitrogen and oxygen atoms in total. The summed E-state index contributed by atoms with van der Waals surface area (Å²) >= 11 is 3.38. The Morgan fingerprint density at radius 2 is 2.21 bits per heavy atom. The lowest BCUT2D eigenvalue weighted by molar-refractivity contribution is 0.300. The van der Waals surface area contributed by atoms with E-state index in [1.807, 2.05) is 18.2 Å². The SMILES string of the molecule is Nc1cc(OCC2CC2)ccc1CBr. The zero-order chi connectivity index (χ0) is 9.97. The van der Waals surface area contributed by atoms with Crippen molar-refractivity contribution in [3.8, 4) is 5.75 Å². The molecule has 0 unspecified atom stereocenters. The molecule has 0 spiro atoms. The maximum atomic E-state index is 5.84. The van der Waals surface area contributed by atoms with E-state index in [0.717, 1.165) is 34.9 Å². The molecule has 76 valence electrons.